The van der Waals surface area contributed by atoms with Crippen LogP contribution in [0.3, 0.4) is 0 Å². The standard InChI is InChI=1S/C36H39N3O6/c1-42-31-23-28(24-32(43-2)35(31)44-3)34(36(41)37-29-14-16-30(17-15-29)38-18-20-45-21-19-38)39(25-27-12-8-5-9-13-27)33(40)22-26-10-6-4-7-11-26/h4-17,23-24,34H,18-22,25H2,1-3H3,(H,37,41). The number of hydrogen-bond acceptors (Lipinski definition) is 7. The first-order chi connectivity index (χ1) is 22.0. The number of rotatable bonds is 12. The molecule has 1 unspecified atom stereocenters. The molecule has 1 N–H and O–H groups in total. The van der Waals surface area contributed by atoms with Gasteiger partial charge in [-0.15, -0.1) is 0 Å². The second kappa shape index (κ2) is 15.1. The molecular formula is C36H39N3O6. The van der Waals surface area contributed by atoms with Crippen molar-refractivity contribution in [3.05, 3.63) is 114 Å². The van der Waals surface area contributed by atoms with Gasteiger partial charge in [0.2, 0.25) is 11.7 Å². The van der Waals surface area contributed by atoms with Crippen LogP contribution in [0.25, 0.3) is 0 Å². The molecule has 0 aromatic heterocycles. The number of carbonyl (C=O) groups is 2. The summed E-state index contributed by atoms with van der Waals surface area (Å²) >= 11 is 0. The molecule has 4 aromatic rings. The number of amides is 2. The van der Waals surface area contributed by atoms with Crippen molar-refractivity contribution in [3.63, 3.8) is 0 Å². The number of anilines is 2. The van der Waals surface area contributed by atoms with Crippen LogP contribution < -0.4 is 24.4 Å². The Morgan fingerprint density at radius 3 is 1.93 bits per heavy atom. The lowest BCUT2D eigenvalue weighted by Crippen LogP contribution is -2.41. The summed E-state index contributed by atoms with van der Waals surface area (Å²) in [5, 5.41) is 3.07. The first kappa shape index (κ1) is 31.4. The Hall–Kier alpha value is -5.02. The van der Waals surface area contributed by atoms with E-state index in [1.807, 2.05) is 84.9 Å². The molecule has 1 heterocycles. The van der Waals surface area contributed by atoms with E-state index in [0.717, 1.165) is 29.9 Å². The molecule has 0 bridgehead atoms. The Labute approximate surface area is 264 Å². The van der Waals surface area contributed by atoms with Gasteiger partial charge in [-0.3, -0.25) is 9.59 Å². The molecule has 5 rings (SSSR count). The summed E-state index contributed by atoms with van der Waals surface area (Å²) in [6, 6.07) is 29.3. The molecule has 1 fully saturated rings. The largest absolute Gasteiger partial charge is 0.493 e. The third-order valence-corrected chi connectivity index (χ3v) is 7.79. The summed E-state index contributed by atoms with van der Waals surface area (Å²) in [6.45, 7) is 3.20. The van der Waals surface area contributed by atoms with Crippen LogP contribution in [0.5, 0.6) is 17.2 Å². The SMILES string of the molecule is COc1cc(C(C(=O)Nc2ccc(N3CCOCC3)cc2)N(Cc2ccccc2)C(=O)Cc2ccccc2)cc(OC)c1OC. The number of methoxy groups -OCH3 is 3. The number of ether oxygens (including phenoxy) is 4. The lowest BCUT2D eigenvalue weighted by Gasteiger charge is -2.32. The molecule has 0 radical (unpaired) electrons. The average molecular weight is 610 g/mol. The first-order valence-corrected chi connectivity index (χ1v) is 14.9. The fraction of sp³-hybridized carbons (Fsp3) is 0.278. The van der Waals surface area contributed by atoms with Gasteiger partial charge in [-0.2, -0.15) is 0 Å². The summed E-state index contributed by atoms with van der Waals surface area (Å²) in [5.41, 5.74) is 3.93. The van der Waals surface area contributed by atoms with Crippen molar-refractivity contribution >= 4 is 23.2 Å². The molecular weight excluding hydrogens is 570 g/mol. The fourth-order valence-electron chi connectivity index (χ4n) is 5.50. The second-order valence-electron chi connectivity index (χ2n) is 10.7. The predicted molar refractivity (Wildman–Crippen MR) is 174 cm³/mol. The fourth-order valence-corrected chi connectivity index (χ4v) is 5.50. The third kappa shape index (κ3) is 7.74. The van der Waals surface area contributed by atoms with Crippen molar-refractivity contribution in [2.24, 2.45) is 0 Å². The highest BCUT2D eigenvalue weighted by Gasteiger charge is 2.33. The highest BCUT2D eigenvalue weighted by atomic mass is 16.5. The molecule has 1 saturated heterocycles. The lowest BCUT2D eigenvalue weighted by molar-refractivity contribution is -0.139. The summed E-state index contributed by atoms with van der Waals surface area (Å²) in [4.78, 5) is 32.4. The number of benzene rings is 4. The number of morpholine rings is 1. The zero-order valence-corrected chi connectivity index (χ0v) is 25.9. The van der Waals surface area contributed by atoms with Crippen LogP contribution in [-0.2, 0) is 27.3 Å². The molecule has 1 aliphatic rings. The van der Waals surface area contributed by atoms with E-state index >= 15 is 0 Å². The van der Waals surface area contributed by atoms with Crippen molar-refractivity contribution in [2.75, 3.05) is 57.8 Å². The smallest absolute Gasteiger partial charge is 0.251 e. The number of carbonyl (C=O) groups excluding carboxylic acids is 2. The van der Waals surface area contributed by atoms with E-state index < -0.39 is 6.04 Å². The molecule has 0 saturated carbocycles. The van der Waals surface area contributed by atoms with E-state index in [9.17, 15) is 9.59 Å². The van der Waals surface area contributed by atoms with Gasteiger partial charge in [0.1, 0.15) is 6.04 Å². The molecule has 0 aliphatic carbocycles. The first-order valence-electron chi connectivity index (χ1n) is 14.9. The van der Waals surface area contributed by atoms with Gasteiger partial charge in [0.25, 0.3) is 5.91 Å². The van der Waals surface area contributed by atoms with Crippen LogP contribution in [-0.4, -0.2) is 64.3 Å². The Balaban J connectivity index is 1.55. The van der Waals surface area contributed by atoms with Crippen LogP contribution >= 0.6 is 0 Å². The van der Waals surface area contributed by atoms with Gasteiger partial charge in [0.15, 0.2) is 11.5 Å². The van der Waals surface area contributed by atoms with Crippen molar-refractivity contribution in [1.82, 2.24) is 4.90 Å². The molecule has 2 amide bonds. The van der Waals surface area contributed by atoms with E-state index in [4.69, 9.17) is 18.9 Å². The van der Waals surface area contributed by atoms with Gasteiger partial charge in [-0.25, -0.2) is 0 Å². The molecule has 234 valence electrons. The molecule has 1 aliphatic heterocycles. The van der Waals surface area contributed by atoms with E-state index in [1.165, 1.54) is 21.3 Å². The van der Waals surface area contributed by atoms with Crippen molar-refractivity contribution in [2.45, 2.75) is 19.0 Å². The zero-order chi connectivity index (χ0) is 31.6. The van der Waals surface area contributed by atoms with E-state index in [-0.39, 0.29) is 24.8 Å². The Bertz CT molecular complexity index is 1530. The summed E-state index contributed by atoms with van der Waals surface area (Å²) in [7, 11) is 4.57. The maximum absolute atomic E-state index is 14.4. The maximum atomic E-state index is 14.4. The molecule has 9 heteroatoms. The van der Waals surface area contributed by atoms with Gasteiger partial charge in [0, 0.05) is 31.0 Å². The quantitative estimate of drug-likeness (QED) is 0.227. The van der Waals surface area contributed by atoms with Crippen molar-refractivity contribution in [1.29, 1.82) is 0 Å². The maximum Gasteiger partial charge on any atom is 0.251 e. The minimum atomic E-state index is -1.03. The molecule has 4 aromatic carbocycles. The summed E-state index contributed by atoms with van der Waals surface area (Å²) in [5.74, 6) is 0.582. The van der Waals surface area contributed by atoms with Gasteiger partial charge in [0.05, 0.1) is 41.0 Å². The van der Waals surface area contributed by atoms with Crippen molar-refractivity contribution < 1.29 is 28.5 Å². The van der Waals surface area contributed by atoms with E-state index in [1.54, 1.807) is 17.0 Å². The van der Waals surface area contributed by atoms with Gasteiger partial charge < -0.3 is 34.1 Å². The predicted octanol–water partition coefficient (Wildman–Crippen LogP) is 5.50. The highest BCUT2D eigenvalue weighted by molar-refractivity contribution is 5.98. The number of hydrogen-bond donors (Lipinski definition) is 1. The van der Waals surface area contributed by atoms with Crippen LogP contribution in [0.2, 0.25) is 0 Å². The molecule has 45 heavy (non-hydrogen) atoms. The molecule has 9 nitrogen and oxygen atoms in total. The third-order valence-electron chi connectivity index (χ3n) is 7.79. The minimum absolute atomic E-state index is 0.121. The Kier molecular flexibility index (Phi) is 10.6. The summed E-state index contributed by atoms with van der Waals surface area (Å²) in [6.07, 6.45) is 0.121. The van der Waals surface area contributed by atoms with Crippen molar-refractivity contribution in [3.8, 4) is 17.2 Å². The highest BCUT2D eigenvalue weighted by Crippen LogP contribution is 2.41. The Morgan fingerprint density at radius 2 is 1.38 bits per heavy atom. The topological polar surface area (TPSA) is 89.6 Å². The normalized spacial score (nSPS) is 13.4. The average Bonchev–Trinajstić information content (AvgIpc) is 3.09. The summed E-state index contributed by atoms with van der Waals surface area (Å²) < 4.78 is 22.3. The Morgan fingerprint density at radius 1 is 0.800 bits per heavy atom. The van der Waals surface area contributed by atoms with Gasteiger partial charge in [-0.05, 0) is 53.1 Å². The van der Waals surface area contributed by atoms with E-state index in [2.05, 4.69) is 10.2 Å². The van der Waals surface area contributed by atoms with E-state index in [0.29, 0.717) is 41.7 Å². The van der Waals surface area contributed by atoms with Gasteiger partial charge in [-0.1, -0.05) is 60.7 Å². The monoisotopic (exact) mass is 609 g/mol. The minimum Gasteiger partial charge on any atom is -0.493 e. The number of nitrogens with zero attached hydrogens (tertiary/aromatic N) is 2. The lowest BCUT2D eigenvalue weighted by atomic mass is 10.00. The van der Waals surface area contributed by atoms with Crippen LogP contribution in [0.1, 0.15) is 22.7 Å². The van der Waals surface area contributed by atoms with Gasteiger partial charge >= 0.3 is 0 Å². The zero-order valence-electron chi connectivity index (χ0n) is 25.9. The van der Waals surface area contributed by atoms with Crippen LogP contribution in [0.4, 0.5) is 11.4 Å². The molecule has 1 atom stereocenters. The van der Waals surface area contributed by atoms with Crippen LogP contribution in [0, 0.1) is 0 Å². The van der Waals surface area contributed by atoms with Crippen LogP contribution in [0.15, 0.2) is 97.1 Å². The molecule has 0 spiro atoms. The number of nitrogens with one attached hydrogen (secondary N) is 1. The second-order valence-corrected chi connectivity index (χ2v) is 10.7.